The Morgan fingerprint density at radius 2 is 2.17 bits per heavy atom. The Balaban J connectivity index is 2.03. The van der Waals surface area contributed by atoms with Crippen LogP contribution in [0.15, 0.2) is 15.7 Å². The van der Waals surface area contributed by atoms with Crippen molar-refractivity contribution < 1.29 is 13.5 Å². The lowest BCUT2D eigenvalue weighted by atomic mass is 10.1. The van der Waals surface area contributed by atoms with E-state index in [0.29, 0.717) is 5.56 Å². The zero-order valence-electron chi connectivity index (χ0n) is 10.3. The van der Waals surface area contributed by atoms with E-state index in [1.807, 2.05) is 7.05 Å². The van der Waals surface area contributed by atoms with Crippen LogP contribution in [-0.4, -0.2) is 44.6 Å². The summed E-state index contributed by atoms with van der Waals surface area (Å²) >= 11 is 1.15. The number of hydrogen-bond donors (Lipinski definition) is 2. The number of aliphatic hydroxyl groups is 1. The maximum Gasteiger partial charge on any atom is 0.250 e. The van der Waals surface area contributed by atoms with Gasteiger partial charge in [-0.15, -0.1) is 11.3 Å². The molecular formula is C11H18N2O3S2. The van der Waals surface area contributed by atoms with E-state index in [2.05, 4.69) is 9.62 Å². The van der Waals surface area contributed by atoms with Crippen LogP contribution in [0.25, 0.3) is 0 Å². The fourth-order valence-corrected chi connectivity index (χ4v) is 4.50. The molecule has 2 heterocycles. The van der Waals surface area contributed by atoms with Gasteiger partial charge < -0.3 is 10.0 Å². The standard InChI is InChI=1S/C11H18N2O3S2/c1-13-4-2-10(3-5-13)12-18(15,16)11-6-9(7-14)8-17-11/h6,8,10,12,14H,2-5,7H2,1H3. The molecule has 1 fully saturated rings. The van der Waals surface area contributed by atoms with E-state index in [1.165, 1.54) is 6.07 Å². The molecule has 1 aliphatic heterocycles. The molecule has 2 N–H and O–H groups in total. The van der Waals surface area contributed by atoms with Crippen LogP contribution < -0.4 is 4.72 Å². The molecular weight excluding hydrogens is 272 g/mol. The van der Waals surface area contributed by atoms with E-state index in [4.69, 9.17) is 5.11 Å². The molecule has 102 valence electrons. The van der Waals surface area contributed by atoms with Gasteiger partial charge >= 0.3 is 0 Å². The fraction of sp³-hybridized carbons (Fsp3) is 0.636. The fourth-order valence-electron chi connectivity index (χ4n) is 1.98. The van der Waals surface area contributed by atoms with Crippen molar-refractivity contribution in [1.82, 2.24) is 9.62 Å². The third kappa shape index (κ3) is 3.30. The van der Waals surface area contributed by atoms with Crippen LogP contribution in [0.5, 0.6) is 0 Å². The van der Waals surface area contributed by atoms with Crippen LogP contribution in [0.1, 0.15) is 18.4 Å². The van der Waals surface area contributed by atoms with Crippen molar-refractivity contribution in [3.05, 3.63) is 17.0 Å². The van der Waals surface area contributed by atoms with Crippen molar-refractivity contribution in [2.45, 2.75) is 29.7 Å². The molecule has 18 heavy (non-hydrogen) atoms. The molecule has 2 rings (SSSR count). The minimum atomic E-state index is -3.43. The molecule has 0 unspecified atom stereocenters. The zero-order valence-corrected chi connectivity index (χ0v) is 11.9. The van der Waals surface area contributed by atoms with Gasteiger partial charge in [-0.3, -0.25) is 0 Å². The van der Waals surface area contributed by atoms with E-state index in [-0.39, 0.29) is 16.9 Å². The van der Waals surface area contributed by atoms with Crippen LogP contribution in [-0.2, 0) is 16.6 Å². The third-order valence-corrected chi connectivity index (χ3v) is 6.13. The first-order chi connectivity index (χ1) is 8.51. The van der Waals surface area contributed by atoms with Crippen LogP contribution in [0.4, 0.5) is 0 Å². The number of rotatable bonds is 4. The van der Waals surface area contributed by atoms with E-state index in [1.54, 1.807) is 5.38 Å². The van der Waals surface area contributed by atoms with Gasteiger partial charge in [0.05, 0.1) is 6.61 Å². The average Bonchev–Trinajstić information content (AvgIpc) is 2.81. The van der Waals surface area contributed by atoms with Gasteiger partial charge in [0.15, 0.2) is 0 Å². The monoisotopic (exact) mass is 290 g/mol. The van der Waals surface area contributed by atoms with Crippen LogP contribution >= 0.6 is 11.3 Å². The number of sulfonamides is 1. The van der Waals surface area contributed by atoms with Gasteiger partial charge in [-0.05, 0) is 50.0 Å². The summed E-state index contributed by atoms with van der Waals surface area (Å²) in [6.45, 7) is 1.71. The maximum absolute atomic E-state index is 12.1. The smallest absolute Gasteiger partial charge is 0.250 e. The van der Waals surface area contributed by atoms with Crippen LogP contribution in [0.3, 0.4) is 0 Å². The Labute approximate surface area is 111 Å². The van der Waals surface area contributed by atoms with E-state index >= 15 is 0 Å². The van der Waals surface area contributed by atoms with Crippen molar-refractivity contribution in [3.8, 4) is 0 Å². The topological polar surface area (TPSA) is 69.6 Å². The Hall–Kier alpha value is -0.470. The molecule has 7 heteroatoms. The van der Waals surface area contributed by atoms with E-state index in [0.717, 1.165) is 37.3 Å². The molecule has 0 radical (unpaired) electrons. The minimum Gasteiger partial charge on any atom is -0.392 e. The molecule has 0 spiro atoms. The van der Waals surface area contributed by atoms with Crippen LogP contribution in [0.2, 0.25) is 0 Å². The lowest BCUT2D eigenvalue weighted by Crippen LogP contribution is -2.43. The lowest BCUT2D eigenvalue weighted by Gasteiger charge is -2.29. The molecule has 0 atom stereocenters. The zero-order chi connectivity index (χ0) is 13.2. The van der Waals surface area contributed by atoms with Gasteiger partial charge in [0.1, 0.15) is 4.21 Å². The summed E-state index contributed by atoms with van der Waals surface area (Å²) in [6.07, 6.45) is 1.68. The Morgan fingerprint density at radius 3 is 2.72 bits per heavy atom. The van der Waals surface area contributed by atoms with Crippen molar-refractivity contribution >= 4 is 21.4 Å². The second kappa shape index (κ2) is 5.66. The summed E-state index contributed by atoms with van der Waals surface area (Å²) in [4.78, 5) is 2.19. The highest BCUT2D eigenvalue weighted by Gasteiger charge is 2.24. The SMILES string of the molecule is CN1CCC(NS(=O)(=O)c2cc(CO)cs2)CC1. The summed E-state index contributed by atoms with van der Waals surface area (Å²) in [6, 6.07) is 1.55. The maximum atomic E-state index is 12.1. The van der Waals surface area contributed by atoms with Gasteiger partial charge in [-0.1, -0.05) is 0 Å². The van der Waals surface area contributed by atoms with Crippen molar-refractivity contribution in [2.75, 3.05) is 20.1 Å². The quantitative estimate of drug-likeness (QED) is 0.852. The largest absolute Gasteiger partial charge is 0.392 e. The van der Waals surface area contributed by atoms with Gasteiger partial charge in [0.2, 0.25) is 10.0 Å². The molecule has 0 amide bonds. The number of nitrogens with one attached hydrogen (secondary N) is 1. The Bertz CT molecular complexity index is 490. The number of hydrogen-bond acceptors (Lipinski definition) is 5. The number of nitrogens with zero attached hydrogens (tertiary/aromatic N) is 1. The predicted octanol–water partition coefficient (Wildman–Crippen LogP) is 0.613. The first-order valence-corrected chi connectivity index (χ1v) is 8.26. The van der Waals surface area contributed by atoms with Crippen LogP contribution in [0, 0.1) is 0 Å². The third-order valence-electron chi connectivity index (χ3n) is 3.12. The molecule has 0 aromatic carbocycles. The van der Waals surface area contributed by atoms with Gasteiger partial charge in [-0.2, -0.15) is 0 Å². The normalized spacial score (nSPS) is 19.2. The van der Waals surface area contributed by atoms with E-state index in [9.17, 15) is 8.42 Å². The van der Waals surface area contributed by atoms with Gasteiger partial charge in [0.25, 0.3) is 0 Å². The molecule has 1 saturated heterocycles. The summed E-state index contributed by atoms with van der Waals surface area (Å²) in [5.41, 5.74) is 0.642. The average molecular weight is 290 g/mol. The number of likely N-dealkylation sites (tertiary alicyclic amines) is 1. The highest BCUT2D eigenvalue weighted by Crippen LogP contribution is 2.21. The van der Waals surface area contributed by atoms with E-state index < -0.39 is 10.0 Å². The van der Waals surface area contributed by atoms with Crippen molar-refractivity contribution in [3.63, 3.8) is 0 Å². The summed E-state index contributed by atoms with van der Waals surface area (Å²) < 4.78 is 27.3. The van der Waals surface area contributed by atoms with Crippen molar-refractivity contribution in [2.24, 2.45) is 0 Å². The second-order valence-corrected chi connectivity index (χ2v) is 7.48. The summed E-state index contributed by atoms with van der Waals surface area (Å²) in [7, 11) is -1.39. The lowest BCUT2D eigenvalue weighted by molar-refractivity contribution is 0.248. The van der Waals surface area contributed by atoms with Gasteiger partial charge in [0, 0.05) is 6.04 Å². The molecule has 1 aromatic rings. The molecule has 1 aliphatic rings. The minimum absolute atomic E-state index is 0.0193. The molecule has 0 bridgehead atoms. The first-order valence-electron chi connectivity index (χ1n) is 5.90. The number of piperidine rings is 1. The second-order valence-electron chi connectivity index (χ2n) is 4.63. The highest BCUT2D eigenvalue weighted by molar-refractivity contribution is 7.91. The highest BCUT2D eigenvalue weighted by atomic mass is 32.2. The summed E-state index contributed by atoms with van der Waals surface area (Å²) in [5, 5.41) is 10.6. The molecule has 0 aliphatic carbocycles. The molecule has 1 aromatic heterocycles. The summed E-state index contributed by atoms with van der Waals surface area (Å²) in [5.74, 6) is 0. The Morgan fingerprint density at radius 1 is 1.50 bits per heavy atom. The number of thiophene rings is 1. The number of aliphatic hydroxyl groups excluding tert-OH is 1. The first kappa shape index (κ1) is 14.0. The Kier molecular flexibility index (Phi) is 4.39. The van der Waals surface area contributed by atoms with Gasteiger partial charge in [-0.25, -0.2) is 13.1 Å². The molecule has 5 nitrogen and oxygen atoms in total. The predicted molar refractivity (Wildman–Crippen MR) is 71.1 cm³/mol. The van der Waals surface area contributed by atoms with Crippen molar-refractivity contribution in [1.29, 1.82) is 0 Å². The molecule has 0 saturated carbocycles.